The zero-order valence-corrected chi connectivity index (χ0v) is 16.9. The summed E-state index contributed by atoms with van der Waals surface area (Å²) in [4.78, 5) is 14.9. The Morgan fingerprint density at radius 1 is 1.07 bits per heavy atom. The molecule has 0 amide bonds. The van der Waals surface area contributed by atoms with E-state index in [1.165, 1.54) is 24.3 Å². The van der Waals surface area contributed by atoms with Crippen molar-refractivity contribution in [2.75, 3.05) is 14.1 Å². The van der Waals surface area contributed by atoms with E-state index < -0.39 is 40.0 Å². The Morgan fingerprint density at radius 2 is 1.57 bits per heavy atom. The van der Waals surface area contributed by atoms with Gasteiger partial charge in [0.05, 0.1) is 5.41 Å². The van der Waals surface area contributed by atoms with Gasteiger partial charge in [-0.15, -0.1) is 0 Å². The molecule has 0 aliphatic rings. The summed E-state index contributed by atoms with van der Waals surface area (Å²) < 4.78 is 57.9. The highest BCUT2D eigenvalue weighted by molar-refractivity contribution is 6.30. The first-order chi connectivity index (χ1) is 13.1. The predicted octanol–water partition coefficient (Wildman–Crippen LogP) is 5.50. The molecule has 152 valence electrons. The quantitative estimate of drug-likeness (QED) is 0.439. The van der Waals surface area contributed by atoms with E-state index >= 15 is 0 Å². The van der Waals surface area contributed by atoms with Crippen LogP contribution < -0.4 is 0 Å². The Kier molecular flexibility index (Phi) is 6.88. The van der Waals surface area contributed by atoms with Gasteiger partial charge in [0.1, 0.15) is 5.78 Å². The molecule has 0 aliphatic carbocycles. The number of hydrogen-bond acceptors (Lipinski definition) is 2. The number of rotatable bonds is 7. The Labute approximate surface area is 167 Å². The minimum Gasteiger partial charge on any atom is -0.307 e. The van der Waals surface area contributed by atoms with Gasteiger partial charge in [0, 0.05) is 29.1 Å². The van der Waals surface area contributed by atoms with Gasteiger partial charge in [-0.2, -0.15) is 0 Å². The molecule has 2 atom stereocenters. The molecular weight excluding hydrogens is 394 g/mol. The number of benzene rings is 2. The Morgan fingerprint density at radius 3 is 2.00 bits per heavy atom. The SMILES string of the molecule is CCC(=O)[C@](C[C@H](C)N(C)C)(c1ccc(Cl)cc1)c1c(F)c(F)cc(F)c1F. The molecule has 2 rings (SSSR count). The van der Waals surface area contributed by atoms with E-state index in [1.807, 2.05) is 0 Å². The van der Waals surface area contributed by atoms with E-state index in [0.717, 1.165) is 0 Å². The van der Waals surface area contributed by atoms with Crippen LogP contribution in [-0.2, 0) is 10.2 Å². The Bertz CT molecular complexity index is 843. The van der Waals surface area contributed by atoms with Crippen molar-refractivity contribution in [1.29, 1.82) is 0 Å². The number of Topliss-reactive ketones (excluding diaryl/α,β-unsaturated/α-hetero) is 1. The lowest BCUT2D eigenvalue weighted by Crippen LogP contribution is -2.44. The van der Waals surface area contributed by atoms with Crippen LogP contribution in [0.15, 0.2) is 30.3 Å². The van der Waals surface area contributed by atoms with E-state index in [4.69, 9.17) is 11.6 Å². The molecule has 0 heterocycles. The highest BCUT2D eigenvalue weighted by atomic mass is 35.5. The summed E-state index contributed by atoms with van der Waals surface area (Å²) in [6.45, 7) is 3.30. The first-order valence-corrected chi connectivity index (χ1v) is 9.23. The lowest BCUT2D eigenvalue weighted by molar-refractivity contribution is -0.123. The second kappa shape index (κ2) is 8.62. The lowest BCUT2D eigenvalue weighted by Gasteiger charge is -2.38. The minimum atomic E-state index is -1.92. The summed E-state index contributed by atoms with van der Waals surface area (Å²) in [5.41, 5.74) is -2.60. The van der Waals surface area contributed by atoms with Crippen LogP contribution in [0.1, 0.15) is 37.8 Å². The topological polar surface area (TPSA) is 20.3 Å². The highest BCUT2D eigenvalue weighted by Gasteiger charge is 2.47. The Balaban J connectivity index is 2.96. The molecule has 0 fully saturated rings. The molecule has 0 aliphatic heterocycles. The van der Waals surface area contributed by atoms with E-state index in [9.17, 15) is 22.4 Å². The maximum atomic E-state index is 14.9. The third-order valence-corrected chi connectivity index (χ3v) is 5.41. The average molecular weight is 416 g/mol. The fraction of sp³-hybridized carbons (Fsp3) is 0.381. The molecule has 0 aromatic heterocycles. The summed E-state index contributed by atoms with van der Waals surface area (Å²) in [5, 5.41) is 0.355. The third-order valence-electron chi connectivity index (χ3n) is 5.16. The smallest absolute Gasteiger partial charge is 0.166 e. The van der Waals surface area contributed by atoms with Gasteiger partial charge in [0.15, 0.2) is 23.3 Å². The molecule has 7 heteroatoms. The molecular formula is C21H22ClF4NO. The number of ketones is 1. The summed E-state index contributed by atoms with van der Waals surface area (Å²) in [6.07, 6.45) is -0.162. The zero-order chi connectivity index (χ0) is 21.2. The van der Waals surface area contributed by atoms with Crippen LogP contribution in [0.5, 0.6) is 0 Å². The number of nitrogens with zero attached hydrogens (tertiary/aromatic N) is 1. The van der Waals surface area contributed by atoms with Crippen LogP contribution in [0, 0.1) is 23.3 Å². The molecule has 0 spiro atoms. The second-order valence-corrected chi connectivity index (χ2v) is 7.49. The molecule has 2 aromatic carbocycles. The first kappa shape index (κ1) is 22.4. The second-order valence-electron chi connectivity index (χ2n) is 7.05. The van der Waals surface area contributed by atoms with Gasteiger partial charge in [-0.1, -0.05) is 30.7 Å². The maximum Gasteiger partial charge on any atom is 0.166 e. The van der Waals surface area contributed by atoms with Gasteiger partial charge in [-0.05, 0) is 45.1 Å². The molecule has 28 heavy (non-hydrogen) atoms. The van der Waals surface area contributed by atoms with Crippen LogP contribution >= 0.6 is 11.6 Å². The van der Waals surface area contributed by atoms with Gasteiger partial charge >= 0.3 is 0 Å². The first-order valence-electron chi connectivity index (χ1n) is 8.85. The van der Waals surface area contributed by atoms with Crippen molar-refractivity contribution in [3.63, 3.8) is 0 Å². The number of carbonyl (C=O) groups is 1. The van der Waals surface area contributed by atoms with Crippen molar-refractivity contribution >= 4 is 17.4 Å². The van der Waals surface area contributed by atoms with Crippen molar-refractivity contribution in [3.8, 4) is 0 Å². The van der Waals surface area contributed by atoms with Gasteiger partial charge in [-0.3, -0.25) is 4.79 Å². The lowest BCUT2D eigenvalue weighted by atomic mass is 9.66. The monoisotopic (exact) mass is 415 g/mol. The molecule has 0 N–H and O–H groups in total. The van der Waals surface area contributed by atoms with Gasteiger partial charge in [0.25, 0.3) is 0 Å². The molecule has 0 unspecified atom stereocenters. The van der Waals surface area contributed by atoms with Crippen molar-refractivity contribution in [2.24, 2.45) is 0 Å². The molecule has 2 aromatic rings. The van der Waals surface area contributed by atoms with Crippen LogP contribution in [0.3, 0.4) is 0 Å². The third kappa shape index (κ3) is 3.94. The standard InChI is InChI=1S/C21H22ClF4NO/c1-5-17(28)21(11-12(2)27(3)4,13-6-8-14(22)9-7-13)18-19(25)15(23)10-16(24)20(18)26/h6-10,12H,5,11H2,1-4H3/t12-,21-/m0/s1. The fourth-order valence-corrected chi connectivity index (χ4v) is 3.51. The molecule has 0 radical (unpaired) electrons. The molecule has 0 bridgehead atoms. The van der Waals surface area contributed by atoms with E-state index in [-0.39, 0.29) is 30.5 Å². The van der Waals surface area contributed by atoms with Crippen molar-refractivity contribution < 1.29 is 22.4 Å². The fourth-order valence-electron chi connectivity index (χ4n) is 3.39. The van der Waals surface area contributed by atoms with E-state index in [0.29, 0.717) is 5.02 Å². The van der Waals surface area contributed by atoms with Crippen molar-refractivity contribution in [2.45, 2.75) is 38.1 Å². The van der Waals surface area contributed by atoms with Crippen LogP contribution in [0.25, 0.3) is 0 Å². The van der Waals surface area contributed by atoms with Crippen LogP contribution in [-0.4, -0.2) is 30.8 Å². The largest absolute Gasteiger partial charge is 0.307 e. The van der Waals surface area contributed by atoms with Crippen molar-refractivity contribution in [3.05, 3.63) is 69.8 Å². The maximum absolute atomic E-state index is 14.9. The average Bonchev–Trinajstić information content (AvgIpc) is 2.65. The van der Waals surface area contributed by atoms with Crippen LogP contribution in [0.2, 0.25) is 5.02 Å². The van der Waals surface area contributed by atoms with E-state index in [1.54, 1.807) is 32.8 Å². The number of hydrogen-bond donors (Lipinski definition) is 0. The minimum absolute atomic E-state index is 0.0783. The number of carbonyl (C=O) groups excluding carboxylic acids is 1. The Hall–Kier alpha value is -1.92. The summed E-state index contributed by atoms with van der Waals surface area (Å²) >= 11 is 5.93. The molecule has 0 saturated heterocycles. The summed E-state index contributed by atoms with van der Waals surface area (Å²) in [7, 11) is 3.49. The van der Waals surface area contributed by atoms with Gasteiger partial charge in [-0.25, -0.2) is 17.6 Å². The number of halogens is 5. The van der Waals surface area contributed by atoms with E-state index in [2.05, 4.69) is 0 Å². The normalized spacial score (nSPS) is 14.8. The summed E-state index contributed by atoms with van der Waals surface area (Å²) in [5.74, 6) is -6.78. The van der Waals surface area contributed by atoms with Gasteiger partial charge in [0.2, 0.25) is 0 Å². The highest BCUT2D eigenvalue weighted by Crippen LogP contribution is 2.43. The molecule has 2 nitrogen and oxygen atoms in total. The van der Waals surface area contributed by atoms with Crippen LogP contribution in [0.4, 0.5) is 17.6 Å². The summed E-state index contributed by atoms with van der Waals surface area (Å²) in [6, 6.07) is 5.67. The molecule has 0 saturated carbocycles. The zero-order valence-electron chi connectivity index (χ0n) is 16.1. The van der Waals surface area contributed by atoms with Gasteiger partial charge < -0.3 is 4.90 Å². The van der Waals surface area contributed by atoms with Crippen molar-refractivity contribution in [1.82, 2.24) is 4.90 Å². The predicted molar refractivity (Wildman–Crippen MR) is 102 cm³/mol.